The van der Waals surface area contributed by atoms with Crippen molar-refractivity contribution in [2.45, 2.75) is 0 Å². The van der Waals surface area contributed by atoms with Gasteiger partial charge in [0.05, 0.1) is 30.8 Å². The summed E-state index contributed by atoms with van der Waals surface area (Å²) in [5.74, 6) is -0.330. The number of carbonyl (C=O) groups excluding carboxylic acids is 1. The van der Waals surface area contributed by atoms with Gasteiger partial charge in [-0.2, -0.15) is 0 Å². The fourth-order valence-electron chi connectivity index (χ4n) is 1.81. The fraction of sp³-hybridized carbons (Fsp3) is 0.417. The average molecular weight is 268 g/mol. The Kier molecular flexibility index (Phi) is 3.31. The highest BCUT2D eigenvalue weighted by molar-refractivity contribution is 7.41. The quantitative estimate of drug-likeness (QED) is 0.621. The second-order valence-electron chi connectivity index (χ2n) is 4.49. The second-order valence-corrected chi connectivity index (χ2v) is 5.71. The van der Waals surface area contributed by atoms with Gasteiger partial charge in [0, 0.05) is 0 Å². The Bertz CT molecular complexity index is 414. The maximum Gasteiger partial charge on any atom is 0.338 e. The minimum atomic E-state index is -1.15. The monoisotopic (exact) mass is 268 g/mol. The van der Waals surface area contributed by atoms with Crippen molar-refractivity contribution in [2.75, 3.05) is 26.4 Å². The van der Waals surface area contributed by atoms with Crippen LogP contribution in [0.5, 0.6) is 0 Å². The Morgan fingerprint density at radius 3 is 2.39 bits per heavy atom. The summed E-state index contributed by atoms with van der Waals surface area (Å²) in [6.45, 7) is 1.84. The van der Waals surface area contributed by atoms with Gasteiger partial charge < -0.3 is 18.3 Å². The largest absolute Gasteiger partial charge is 0.461 e. The van der Waals surface area contributed by atoms with Crippen LogP contribution >= 0.6 is 8.60 Å². The average Bonchev–Trinajstić information content (AvgIpc) is 2.48. The molecular formula is C12H13O5P. The summed E-state index contributed by atoms with van der Waals surface area (Å²) in [5, 5.41) is 0. The molecule has 0 atom stereocenters. The molecule has 5 nitrogen and oxygen atoms in total. The Balaban J connectivity index is 1.59. The molecule has 3 heterocycles. The molecule has 4 rings (SSSR count). The number of hydrogen-bond acceptors (Lipinski definition) is 5. The van der Waals surface area contributed by atoms with E-state index in [4.69, 9.17) is 18.3 Å². The van der Waals surface area contributed by atoms with Gasteiger partial charge in [-0.05, 0) is 12.1 Å². The molecule has 3 aliphatic heterocycles. The molecule has 1 aromatic rings. The molecule has 3 aliphatic rings. The van der Waals surface area contributed by atoms with Crippen LogP contribution in [0.2, 0.25) is 0 Å². The van der Waals surface area contributed by atoms with E-state index in [9.17, 15) is 4.79 Å². The van der Waals surface area contributed by atoms with Gasteiger partial charge in [-0.3, -0.25) is 0 Å². The van der Waals surface area contributed by atoms with Crippen molar-refractivity contribution >= 4 is 14.6 Å². The maximum atomic E-state index is 11.8. The third-order valence-electron chi connectivity index (χ3n) is 2.95. The molecule has 6 heteroatoms. The molecule has 3 saturated heterocycles. The smallest absolute Gasteiger partial charge is 0.338 e. The zero-order valence-corrected chi connectivity index (χ0v) is 10.6. The van der Waals surface area contributed by atoms with Crippen molar-refractivity contribution in [3.05, 3.63) is 35.9 Å². The van der Waals surface area contributed by atoms with Crippen LogP contribution < -0.4 is 0 Å². The normalized spacial score (nSPS) is 30.1. The maximum absolute atomic E-state index is 11.8. The summed E-state index contributed by atoms with van der Waals surface area (Å²) >= 11 is 0. The van der Waals surface area contributed by atoms with E-state index in [0.29, 0.717) is 25.4 Å². The predicted molar refractivity (Wildman–Crippen MR) is 63.9 cm³/mol. The predicted octanol–water partition coefficient (Wildman–Crippen LogP) is 2.13. The molecule has 0 amide bonds. The van der Waals surface area contributed by atoms with Gasteiger partial charge in [-0.25, -0.2) is 4.79 Å². The van der Waals surface area contributed by atoms with E-state index in [2.05, 4.69) is 0 Å². The fourth-order valence-corrected chi connectivity index (χ4v) is 3.17. The Hall–Kier alpha value is -1.00. The number of esters is 1. The topological polar surface area (TPSA) is 54.0 Å². The summed E-state index contributed by atoms with van der Waals surface area (Å²) < 4.78 is 21.4. The van der Waals surface area contributed by atoms with E-state index in [1.165, 1.54) is 0 Å². The molecule has 96 valence electrons. The zero-order chi connectivity index (χ0) is 12.4. The lowest BCUT2D eigenvalue weighted by Gasteiger charge is -2.43. The second kappa shape index (κ2) is 4.94. The molecule has 2 bridgehead atoms. The van der Waals surface area contributed by atoms with E-state index in [-0.39, 0.29) is 18.0 Å². The number of benzene rings is 1. The van der Waals surface area contributed by atoms with E-state index < -0.39 is 8.60 Å². The molecule has 0 aliphatic carbocycles. The molecule has 18 heavy (non-hydrogen) atoms. The van der Waals surface area contributed by atoms with Gasteiger partial charge in [0.2, 0.25) is 0 Å². The lowest BCUT2D eigenvalue weighted by molar-refractivity contribution is -0.0999. The number of hydrogen-bond donors (Lipinski definition) is 0. The molecule has 0 unspecified atom stereocenters. The highest BCUT2D eigenvalue weighted by Gasteiger charge is 2.45. The molecule has 0 N–H and O–H groups in total. The van der Waals surface area contributed by atoms with Crippen LogP contribution in [-0.2, 0) is 18.3 Å². The van der Waals surface area contributed by atoms with E-state index in [1.807, 2.05) is 6.07 Å². The first-order chi connectivity index (χ1) is 8.77. The van der Waals surface area contributed by atoms with Crippen molar-refractivity contribution in [2.24, 2.45) is 5.41 Å². The zero-order valence-electron chi connectivity index (χ0n) is 9.70. The van der Waals surface area contributed by atoms with Crippen LogP contribution in [0, 0.1) is 5.41 Å². The summed E-state index contributed by atoms with van der Waals surface area (Å²) in [5.41, 5.74) is 0.201. The van der Waals surface area contributed by atoms with Crippen LogP contribution in [0.15, 0.2) is 30.3 Å². The van der Waals surface area contributed by atoms with Gasteiger partial charge in [0.15, 0.2) is 0 Å². The molecule has 3 fully saturated rings. The summed E-state index contributed by atoms with van der Waals surface area (Å²) in [4.78, 5) is 11.8. The van der Waals surface area contributed by atoms with Crippen molar-refractivity contribution in [1.82, 2.24) is 0 Å². The molecule has 1 aromatic carbocycles. The third-order valence-corrected chi connectivity index (χ3v) is 3.97. The molecular weight excluding hydrogens is 255 g/mol. The van der Waals surface area contributed by atoms with Crippen LogP contribution in [0.1, 0.15) is 10.4 Å². The number of ether oxygens (including phenoxy) is 1. The standard InChI is InChI=1S/C12H13O5P/c13-11(10-4-2-1-3-5-10)14-6-12-7-15-18(16-8-12)17-9-12/h1-5H,6-9H2. The Labute approximate surface area is 106 Å². The van der Waals surface area contributed by atoms with E-state index in [0.717, 1.165) is 0 Å². The van der Waals surface area contributed by atoms with Crippen molar-refractivity contribution < 1.29 is 23.1 Å². The lowest BCUT2D eigenvalue weighted by Crippen LogP contribution is -2.47. The molecule has 0 radical (unpaired) electrons. The van der Waals surface area contributed by atoms with Crippen molar-refractivity contribution in [3.8, 4) is 0 Å². The molecule has 0 spiro atoms. The van der Waals surface area contributed by atoms with Crippen molar-refractivity contribution in [3.63, 3.8) is 0 Å². The van der Waals surface area contributed by atoms with E-state index in [1.54, 1.807) is 24.3 Å². The van der Waals surface area contributed by atoms with Crippen LogP contribution in [0.25, 0.3) is 0 Å². The molecule has 0 saturated carbocycles. The van der Waals surface area contributed by atoms with Gasteiger partial charge in [-0.1, -0.05) is 18.2 Å². The minimum Gasteiger partial charge on any atom is -0.461 e. The first-order valence-corrected chi connectivity index (χ1v) is 6.78. The number of carbonyl (C=O) groups is 1. The Morgan fingerprint density at radius 2 is 1.78 bits per heavy atom. The summed E-state index contributed by atoms with van der Waals surface area (Å²) in [7, 11) is -1.15. The SMILES string of the molecule is O=C(OCC12COP(OC1)OC2)c1ccccc1. The third kappa shape index (κ3) is 2.40. The van der Waals surface area contributed by atoms with Gasteiger partial charge in [0.1, 0.15) is 6.61 Å². The van der Waals surface area contributed by atoms with Gasteiger partial charge in [-0.15, -0.1) is 0 Å². The first kappa shape index (κ1) is 12.1. The highest BCUT2D eigenvalue weighted by atomic mass is 31.2. The minimum absolute atomic E-state index is 0.254. The summed E-state index contributed by atoms with van der Waals surface area (Å²) in [6.07, 6.45) is 0. The lowest BCUT2D eigenvalue weighted by atomic mass is 9.92. The Morgan fingerprint density at radius 1 is 1.17 bits per heavy atom. The highest BCUT2D eigenvalue weighted by Crippen LogP contribution is 2.53. The number of fused-ring (bicyclic) bond motifs is 3. The van der Waals surface area contributed by atoms with E-state index >= 15 is 0 Å². The van der Waals surface area contributed by atoms with Crippen molar-refractivity contribution in [1.29, 1.82) is 0 Å². The van der Waals surface area contributed by atoms with Gasteiger partial charge in [0.25, 0.3) is 0 Å². The first-order valence-electron chi connectivity index (χ1n) is 5.69. The number of rotatable bonds is 3. The van der Waals surface area contributed by atoms with Gasteiger partial charge >= 0.3 is 14.6 Å². The van der Waals surface area contributed by atoms with Crippen LogP contribution in [0.4, 0.5) is 0 Å². The van der Waals surface area contributed by atoms with Crippen LogP contribution in [-0.4, -0.2) is 32.4 Å². The molecule has 0 aromatic heterocycles. The van der Waals surface area contributed by atoms with Crippen LogP contribution in [0.3, 0.4) is 0 Å². The summed E-state index contributed by atoms with van der Waals surface area (Å²) in [6, 6.07) is 8.92.